The molecule has 2 heterocycles. The number of aryl methyl sites for hydroxylation is 1. The second kappa shape index (κ2) is 8.12. The van der Waals surface area contributed by atoms with Crippen LogP contribution in [0.2, 0.25) is 0 Å². The van der Waals surface area contributed by atoms with E-state index in [1.807, 2.05) is 18.2 Å². The first kappa shape index (κ1) is 19.8. The molecule has 4 nitrogen and oxygen atoms in total. The first-order valence-electron chi connectivity index (χ1n) is 10.5. The minimum Gasteiger partial charge on any atom is -0.378 e. The molecule has 0 radical (unpaired) electrons. The highest BCUT2D eigenvalue weighted by Crippen LogP contribution is 2.43. The molecule has 1 saturated carbocycles. The van der Waals surface area contributed by atoms with Crippen LogP contribution >= 0.6 is 0 Å². The first-order chi connectivity index (χ1) is 14.0. The lowest BCUT2D eigenvalue weighted by Gasteiger charge is -2.32. The number of halogens is 1. The molecule has 2 aliphatic rings. The summed E-state index contributed by atoms with van der Waals surface area (Å²) in [5.74, 6) is 1.09. The standard InChI is InChI=1S/C24H28FN3O/c1-4-22-23(21-12-17(14-26)6-5-15(21)2)28(20-9-10-29-16(3)11-20)24(27-22)18-7-8-19(25)13-18/h4-6,12,16,18-20H,1,7-11,13H2,2-3H3/t16-,18?,19?,20-/m1/s1. The average Bonchev–Trinajstić information content (AvgIpc) is 3.31. The molecule has 0 spiro atoms. The van der Waals surface area contributed by atoms with Crippen LogP contribution < -0.4 is 0 Å². The number of nitrogens with zero attached hydrogens (tertiary/aromatic N) is 3. The van der Waals surface area contributed by atoms with E-state index in [-0.39, 0.29) is 18.1 Å². The quantitative estimate of drug-likeness (QED) is 0.668. The molecule has 152 valence electrons. The Bertz CT molecular complexity index is 958. The maximum atomic E-state index is 14.1. The highest BCUT2D eigenvalue weighted by atomic mass is 19.1. The van der Waals surface area contributed by atoms with Crippen LogP contribution in [0.4, 0.5) is 4.39 Å². The van der Waals surface area contributed by atoms with Crippen LogP contribution in [0, 0.1) is 18.3 Å². The summed E-state index contributed by atoms with van der Waals surface area (Å²) in [7, 11) is 0. The van der Waals surface area contributed by atoms with Crippen molar-refractivity contribution in [1.82, 2.24) is 9.55 Å². The Labute approximate surface area is 172 Å². The van der Waals surface area contributed by atoms with Crippen LogP contribution in [0.5, 0.6) is 0 Å². The number of alkyl halides is 1. The van der Waals surface area contributed by atoms with Crippen LogP contribution in [-0.2, 0) is 4.74 Å². The van der Waals surface area contributed by atoms with Gasteiger partial charge in [0.25, 0.3) is 0 Å². The van der Waals surface area contributed by atoms with Gasteiger partial charge in [-0.1, -0.05) is 12.6 Å². The van der Waals surface area contributed by atoms with Crippen LogP contribution in [-0.4, -0.2) is 28.4 Å². The molecule has 0 N–H and O–H groups in total. The third-order valence-corrected chi connectivity index (χ3v) is 6.34. The Balaban J connectivity index is 1.93. The second-order valence-corrected chi connectivity index (χ2v) is 8.39. The highest BCUT2D eigenvalue weighted by molar-refractivity contribution is 5.74. The monoisotopic (exact) mass is 393 g/mol. The predicted molar refractivity (Wildman–Crippen MR) is 112 cm³/mol. The van der Waals surface area contributed by atoms with Crippen LogP contribution in [0.25, 0.3) is 17.3 Å². The van der Waals surface area contributed by atoms with Crippen molar-refractivity contribution in [2.45, 2.75) is 70.2 Å². The van der Waals surface area contributed by atoms with E-state index in [1.54, 1.807) is 6.08 Å². The van der Waals surface area contributed by atoms with E-state index in [1.165, 1.54) is 0 Å². The van der Waals surface area contributed by atoms with Gasteiger partial charge in [0.15, 0.2) is 0 Å². The molecule has 1 saturated heterocycles. The highest BCUT2D eigenvalue weighted by Gasteiger charge is 2.34. The molecule has 1 aromatic carbocycles. The summed E-state index contributed by atoms with van der Waals surface area (Å²) >= 11 is 0. The van der Waals surface area contributed by atoms with Gasteiger partial charge in [0, 0.05) is 24.1 Å². The number of benzene rings is 1. The molecule has 29 heavy (non-hydrogen) atoms. The fraction of sp³-hybridized carbons (Fsp3) is 0.500. The molecule has 1 aromatic heterocycles. The predicted octanol–water partition coefficient (Wildman–Crippen LogP) is 5.72. The van der Waals surface area contributed by atoms with E-state index >= 15 is 0 Å². The van der Waals surface area contributed by atoms with Gasteiger partial charge in [0.2, 0.25) is 0 Å². The minimum atomic E-state index is -0.752. The lowest BCUT2D eigenvalue weighted by molar-refractivity contribution is 0.00553. The molecular weight excluding hydrogens is 365 g/mol. The Kier molecular flexibility index (Phi) is 5.56. The van der Waals surface area contributed by atoms with Crippen molar-refractivity contribution in [3.8, 4) is 17.3 Å². The lowest BCUT2D eigenvalue weighted by atomic mass is 9.97. The van der Waals surface area contributed by atoms with Crippen molar-refractivity contribution in [3.63, 3.8) is 0 Å². The summed E-state index contributed by atoms with van der Waals surface area (Å²) < 4.78 is 22.2. The van der Waals surface area contributed by atoms with E-state index < -0.39 is 6.17 Å². The van der Waals surface area contributed by atoms with E-state index in [9.17, 15) is 9.65 Å². The molecule has 1 aliphatic heterocycles. The normalized spacial score (nSPS) is 27.0. The maximum absolute atomic E-state index is 14.1. The summed E-state index contributed by atoms with van der Waals surface area (Å²) in [6, 6.07) is 8.26. The van der Waals surface area contributed by atoms with Crippen molar-refractivity contribution < 1.29 is 9.13 Å². The summed E-state index contributed by atoms with van der Waals surface area (Å²) in [5.41, 5.74) is 4.55. The number of hydrogen-bond acceptors (Lipinski definition) is 3. The fourth-order valence-corrected chi connectivity index (χ4v) is 4.85. The van der Waals surface area contributed by atoms with Crippen LogP contribution in [0.3, 0.4) is 0 Å². The van der Waals surface area contributed by atoms with Gasteiger partial charge in [-0.05, 0) is 69.7 Å². The Morgan fingerprint density at radius 3 is 2.79 bits per heavy atom. The number of aromatic nitrogens is 2. The third kappa shape index (κ3) is 3.74. The fourth-order valence-electron chi connectivity index (χ4n) is 4.85. The van der Waals surface area contributed by atoms with E-state index in [0.29, 0.717) is 25.0 Å². The van der Waals surface area contributed by atoms with Gasteiger partial charge in [-0.3, -0.25) is 0 Å². The van der Waals surface area contributed by atoms with Gasteiger partial charge in [-0.2, -0.15) is 5.26 Å². The molecule has 4 atom stereocenters. The van der Waals surface area contributed by atoms with Gasteiger partial charge < -0.3 is 9.30 Å². The van der Waals surface area contributed by atoms with Crippen LogP contribution in [0.1, 0.15) is 73.6 Å². The largest absolute Gasteiger partial charge is 0.378 e. The number of nitriles is 1. The van der Waals surface area contributed by atoms with Crippen molar-refractivity contribution in [1.29, 1.82) is 5.26 Å². The zero-order valence-electron chi connectivity index (χ0n) is 17.2. The lowest BCUT2D eigenvalue weighted by Crippen LogP contribution is -2.27. The third-order valence-electron chi connectivity index (χ3n) is 6.34. The van der Waals surface area contributed by atoms with Gasteiger partial charge in [0.1, 0.15) is 12.0 Å². The molecule has 1 aliphatic carbocycles. The molecule has 2 aromatic rings. The molecular formula is C24H28FN3O. The first-order valence-corrected chi connectivity index (χ1v) is 10.5. The van der Waals surface area contributed by atoms with Crippen molar-refractivity contribution in [2.75, 3.05) is 6.61 Å². The maximum Gasteiger partial charge on any atom is 0.113 e. The molecule has 2 unspecified atom stereocenters. The minimum absolute atomic E-state index is 0.120. The summed E-state index contributed by atoms with van der Waals surface area (Å²) in [5, 5.41) is 9.44. The molecule has 2 fully saturated rings. The molecule has 0 bridgehead atoms. The number of imidazole rings is 1. The average molecular weight is 394 g/mol. The topological polar surface area (TPSA) is 50.8 Å². The van der Waals surface area contributed by atoms with Crippen molar-refractivity contribution in [3.05, 3.63) is 47.4 Å². The Hall–Kier alpha value is -2.45. The zero-order chi connectivity index (χ0) is 20.5. The molecule has 5 heteroatoms. The second-order valence-electron chi connectivity index (χ2n) is 8.39. The van der Waals surface area contributed by atoms with Crippen molar-refractivity contribution in [2.24, 2.45) is 0 Å². The smallest absolute Gasteiger partial charge is 0.113 e. The van der Waals surface area contributed by atoms with E-state index in [2.05, 4.69) is 31.1 Å². The summed E-state index contributed by atoms with van der Waals surface area (Å²) in [6.45, 7) is 8.87. The number of rotatable bonds is 4. The van der Waals surface area contributed by atoms with Gasteiger partial charge in [0.05, 0.1) is 29.1 Å². The SMILES string of the molecule is C=Cc1nc(C2CCC(F)C2)n([C@@H]2CCO[C@H](C)C2)c1-c1cc(C#N)ccc1C. The van der Waals surface area contributed by atoms with Gasteiger partial charge in [-0.25, -0.2) is 9.37 Å². The Morgan fingerprint density at radius 1 is 1.31 bits per heavy atom. The van der Waals surface area contributed by atoms with E-state index in [0.717, 1.165) is 47.6 Å². The number of ether oxygens (including phenoxy) is 1. The molecule has 0 amide bonds. The van der Waals surface area contributed by atoms with Gasteiger partial charge >= 0.3 is 0 Å². The van der Waals surface area contributed by atoms with Crippen LogP contribution in [0.15, 0.2) is 24.8 Å². The van der Waals surface area contributed by atoms with E-state index in [4.69, 9.17) is 9.72 Å². The molecule has 4 rings (SSSR count). The summed E-state index contributed by atoms with van der Waals surface area (Å²) in [6.07, 6.45) is 4.97. The van der Waals surface area contributed by atoms with Gasteiger partial charge in [-0.15, -0.1) is 0 Å². The van der Waals surface area contributed by atoms with Crippen molar-refractivity contribution >= 4 is 6.08 Å². The Morgan fingerprint density at radius 2 is 2.14 bits per heavy atom. The number of hydrogen-bond donors (Lipinski definition) is 0. The zero-order valence-corrected chi connectivity index (χ0v) is 17.2. The summed E-state index contributed by atoms with van der Waals surface area (Å²) in [4.78, 5) is 4.97.